The molecule has 2 N–H and O–H groups in total. The summed E-state index contributed by atoms with van der Waals surface area (Å²) in [5.41, 5.74) is 2.96. The molecule has 0 amide bonds. The summed E-state index contributed by atoms with van der Waals surface area (Å²) in [6.07, 6.45) is 1.67. The van der Waals surface area contributed by atoms with Crippen LogP contribution in [0.2, 0.25) is 0 Å². The number of nitrogens with zero attached hydrogens (tertiary/aromatic N) is 2. The third-order valence-electron chi connectivity index (χ3n) is 3.43. The van der Waals surface area contributed by atoms with Gasteiger partial charge >= 0.3 is 0 Å². The number of para-hydroxylation sites is 3. The molecule has 0 atom stereocenters. The van der Waals surface area contributed by atoms with Crippen molar-refractivity contribution in [3.05, 3.63) is 71.1 Å². The fourth-order valence-electron chi connectivity index (χ4n) is 2.39. The molecule has 0 fully saturated rings. The Bertz CT molecular complexity index is 930. The predicted molar refractivity (Wildman–Crippen MR) is 81.5 cm³/mol. The van der Waals surface area contributed by atoms with Gasteiger partial charge in [0.15, 0.2) is 0 Å². The van der Waals surface area contributed by atoms with Crippen molar-refractivity contribution >= 4 is 11.0 Å². The number of rotatable bonds is 2. The van der Waals surface area contributed by atoms with E-state index in [1.807, 2.05) is 54.6 Å². The maximum atomic E-state index is 12.5. The first-order valence-electron chi connectivity index (χ1n) is 6.64. The van der Waals surface area contributed by atoms with Gasteiger partial charge in [-0.1, -0.05) is 30.3 Å². The summed E-state index contributed by atoms with van der Waals surface area (Å²) in [7, 11) is 0. The average molecular weight is 276 g/mol. The zero-order chi connectivity index (χ0) is 14.2. The lowest BCUT2D eigenvalue weighted by molar-refractivity contribution is 0.849. The van der Waals surface area contributed by atoms with Gasteiger partial charge in [-0.2, -0.15) is 0 Å². The van der Waals surface area contributed by atoms with Crippen LogP contribution in [0.15, 0.2) is 65.6 Å². The van der Waals surface area contributed by atoms with E-state index in [0.717, 1.165) is 16.7 Å². The first-order chi connectivity index (χ1) is 10.3. The standard InChI is InChI=1S/C16H12N4O/c21-16-12(10-17-20(16)11-6-2-1-3-7-11)15-18-13-8-4-5-9-14(13)19-15/h1-10,17H,(H,18,19). The zero-order valence-electron chi connectivity index (χ0n) is 11.1. The minimum atomic E-state index is -0.125. The molecule has 5 heteroatoms. The topological polar surface area (TPSA) is 66.5 Å². The third kappa shape index (κ3) is 1.87. The van der Waals surface area contributed by atoms with Crippen LogP contribution < -0.4 is 5.56 Å². The monoisotopic (exact) mass is 276 g/mol. The van der Waals surface area contributed by atoms with Crippen LogP contribution in [-0.4, -0.2) is 19.7 Å². The van der Waals surface area contributed by atoms with Crippen LogP contribution in [0.5, 0.6) is 0 Å². The molecule has 4 rings (SSSR count). The van der Waals surface area contributed by atoms with E-state index >= 15 is 0 Å². The van der Waals surface area contributed by atoms with Crippen molar-refractivity contribution in [2.75, 3.05) is 0 Å². The molecule has 4 aromatic rings. The molecule has 21 heavy (non-hydrogen) atoms. The molecule has 0 aliphatic heterocycles. The van der Waals surface area contributed by atoms with Gasteiger partial charge in [0.25, 0.3) is 5.56 Å². The molecular formula is C16H12N4O. The van der Waals surface area contributed by atoms with E-state index in [4.69, 9.17) is 0 Å². The molecule has 2 aromatic heterocycles. The molecule has 0 aliphatic rings. The van der Waals surface area contributed by atoms with E-state index in [0.29, 0.717) is 11.4 Å². The summed E-state index contributed by atoms with van der Waals surface area (Å²) in [5, 5.41) is 2.98. The van der Waals surface area contributed by atoms with E-state index in [1.54, 1.807) is 6.20 Å². The number of imidazole rings is 1. The van der Waals surface area contributed by atoms with E-state index in [2.05, 4.69) is 15.1 Å². The van der Waals surface area contributed by atoms with Crippen molar-refractivity contribution in [1.29, 1.82) is 0 Å². The van der Waals surface area contributed by atoms with Crippen molar-refractivity contribution in [3.8, 4) is 17.1 Å². The Labute approximate surface area is 119 Å². The number of aromatic amines is 2. The van der Waals surface area contributed by atoms with E-state index in [-0.39, 0.29) is 5.56 Å². The Morgan fingerprint density at radius 2 is 1.71 bits per heavy atom. The lowest BCUT2D eigenvalue weighted by Gasteiger charge is -1.99. The highest BCUT2D eigenvalue weighted by Gasteiger charge is 2.13. The fraction of sp³-hybridized carbons (Fsp3) is 0. The molecule has 2 heterocycles. The van der Waals surface area contributed by atoms with Gasteiger partial charge in [0.1, 0.15) is 11.4 Å². The van der Waals surface area contributed by atoms with Gasteiger partial charge in [0.05, 0.1) is 16.7 Å². The van der Waals surface area contributed by atoms with Crippen molar-refractivity contribution < 1.29 is 0 Å². The highest BCUT2D eigenvalue weighted by Crippen LogP contribution is 2.17. The van der Waals surface area contributed by atoms with Crippen LogP contribution in [0.25, 0.3) is 28.1 Å². The van der Waals surface area contributed by atoms with Crippen molar-refractivity contribution in [2.24, 2.45) is 0 Å². The van der Waals surface area contributed by atoms with Gasteiger partial charge in [-0.25, -0.2) is 9.67 Å². The van der Waals surface area contributed by atoms with E-state index < -0.39 is 0 Å². The Balaban J connectivity index is 1.87. The van der Waals surface area contributed by atoms with Gasteiger partial charge in [-0.15, -0.1) is 0 Å². The molecule has 0 bridgehead atoms. The fourth-order valence-corrected chi connectivity index (χ4v) is 2.39. The highest BCUT2D eigenvalue weighted by molar-refractivity contribution is 5.78. The first-order valence-corrected chi connectivity index (χ1v) is 6.64. The van der Waals surface area contributed by atoms with E-state index in [1.165, 1.54) is 4.68 Å². The Kier molecular flexibility index (Phi) is 2.50. The third-order valence-corrected chi connectivity index (χ3v) is 3.43. The summed E-state index contributed by atoms with van der Waals surface area (Å²) in [6.45, 7) is 0. The predicted octanol–water partition coefficient (Wildman–Crippen LogP) is 2.71. The molecule has 0 spiro atoms. The van der Waals surface area contributed by atoms with Gasteiger partial charge in [0.2, 0.25) is 0 Å². The van der Waals surface area contributed by atoms with Crippen molar-refractivity contribution in [3.63, 3.8) is 0 Å². The smallest absolute Gasteiger partial charge is 0.282 e. The van der Waals surface area contributed by atoms with Crippen LogP contribution in [0.4, 0.5) is 0 Å². The van der Waals surface area contributed by atoms with Crippen LogP contribution in [0.3, 0.4) is 0 Å². The lowest BCUT2D eigenvalue weighted by atomic mass is 10.3. The van der Waals surface area contributed by atoms with Crippen LogP contribution in [0.1, 0.15) is 0 Å². The maximum Gasteiger partial charge on any atom is 0.282 e. The summed E-state index contributed by atoms with van der Waals surface area (Å²) in [6, 6.07) is 17.2. The number of hydrogen-bond donors (Lipinski definition) is 2. The number of H-pyrrole nitrogens is 2. The zero-order valence-corrected chi connectivity index (χ0v) is 11.1. The second-order valence-electron chi connectivity index (χ2n) is 4.77. The van der Waals surface area contributed by atoms with Gasteiger partial charge in [-0.05, 0) is 24.3 Å². The number of benzene rings is 2. The number of aromatic nitrogens is 4. The minimum Gasteiger partial charge on any atom is -0.338 e. The molecule has 0 radical (unpaired) electrons. The minimum absolute atomic E-state index is 0.125. The van der Waals surface area contributed by atoms with Gasteiger partial charge in [-0.3, -0.25) is 9.89 Å². The van der Waals surface area contributed by atoms with Crippen LogP contribution in [0, 0.1) is 0 Å². The molecule has 0 aliphatic carbocycles. The molecule has 102 valence electrons. The molecule has 0 saturated heterocycles. The summed E-state index contributed by atoms with van der Waals surface area (Å²) in [4.78, 5) is 20.2. The Morgan fingerprint density at radius 3 is 2.52 bits per heavy atom. The average Bonchev–Trinajstić information content (AvgIpc) is 3.11. The first kappa shape index (κ1) is 11.7. The van der Waals surface area contributed by atoms with Crippen molar-refractivity contribution in [2.45, 2.75) is 0 Å². The Hall–Kier alpha value is -3.08. The highest BCUT2D eigenvalue weighted by atomic mass is 16.1. The van der Waals surface area contributed by atoms with Crippen LogP contribution in [-0.2, 0) is 0 Å². The Morgan fingerprint density at radius 1 is 0.952 bits per heavy atom. The molecule has 0 unspecified atom stereocenters. The maximum absolute atomic E-state index is 12.5. The van der Waals surface area contributed by atoms with Gasteiger partial charge < -0.3 is 4.98 Å². The number of hydrogen-bond acceptors (Lipinski definition) is 2. The van der Waals surface area contributed by atoms with Gasteiger partial charge in [0, 0.05) is 6.20 Å². The summed E-state index contributed by atoms with van der Waals surface area (Å²) >= 11 is 0. The molecule has 5 nitrogen and oxygen atoms in total. The summed E-state index contributed by atoms with van der Waals surface area (Å²) in [5.74, 6) is 0.576. The molecule has 0 saturated carbocycles. The van der Waals surface area contributed by atoms with Crippen LogP contribution >= 0.6 is 0 Å². The molecular weight excluding hydrogens is 264 g/mol. The summed E-state index contributed by atoms with van der Waals surface area (Å²) < 4.78 is 1.50. The lowest BCUT2D eigenvalue weighted by Crippen LogP contribution is -2.15. The number of fused-ring (bicyclic) bond motifs is 1. The largest absolute Gasteiger partial charge is 0.338 e. The normalized spacial score (nSPS) is 11.0. The quantitative estimate of drug-likeness (QED) is 0.591. The second-order valence-corrected chi connectivity index (χ2v) is 4.77. The van der Waals surface area contributed by atoms with Crippen molar-refractivity contribution in [1.82, 2.24) is 19.7 Å². The SMILES string of the molecule is O=c1c(-c2nc3ccccc3[nH]2)c[nH]n1-c1ccccc1. The molecule has 2 aromatic carbocycles. The second kappa shape index (κ2) is 4.49. The number of nitrogens with one attached hydrogen (secondary N) is 2. The van der Waals surface area contributed by atoms with E-state index in [9.17, 15) is 4.79 Å².